The Bertz CT molecular complexity index is 750. The van der Waals surface area contributed by atoms with Crippen LogP contribution in [-0.4, -0.2) is 16.6 Å². The molecule has 5 nitrogen and oxygen atoms in total. The first-order valence-electron chi connectivity index (χ1n) is 7.61. The monoisotopic (exact) mass is 314 g/mol. The van der Waals surface area contributed by atoms with Crippen molar-refractivity contribution in [3.63, 3.8) is 0 Å². The minimum Gasteiger partial charge on any atom is -0.491 e. The SMILES string of the molecule is CC(C)Oc1ccccc1[C@H](C)NC(=O)c1ccn(C)c(=O)c1. The number of pyridine rings is 1. The fraction of sp³-hybridized carbons (Fsp3) is 0.333. The van der Waals surface area contributed by atoms with E-state index in [1.54, 1.807) is 19.3 Å². The van der Waals surface area contributed by atoms with Crippen LogP contribution in [0.3, 0.4) is 0 Å². The molecule has 0 saturated carbocycles. The number of carbonyl (C=O) groups excluding carboxylic acids is 1. The van der Waals surface area contributed by atoms with Gasteiger partial charge in [0, 0.05) is 30.4 Å². The summed E-state index contributed by atoms with van der Waals surface area (Å²) in [5.41, 5.74) is 1.04. The minimum atomic E-state index is -0.283. The van der Waals surface area contributed by atoms with Crippen LogP contribution in [0.4, 0.5) is 0 Å². The smallest absolute Gasteiger partial charge is 0.252 e. The van der Waals surface area contributed by atoms with E-state index < -0.39 is 0 Å². The van der Waals surface area contributed by atoms with Gasteiger partial charge in [-0.05, 0) is 32.9 Å². The second kappa shape index (κ2) is 7.13. The normalized spacial score (nSPS) is 12.0. The van der Waals surface area contributed by atoms with Crippen molar-refractivity contribution < 1.29 is 9.53 Å². The predicted octanol–water partition coefficient (Wildman–Crippen LogP) is 2.66. The molecule has 2 aromatic rings. The molecule has 5 heteroatoms. The van der Waals surface area contributed by atoms with Gasteiger partial charge in [-0.25, -0.2) is 0 Å². The van der Waals surface area contributed by atoms with E-state index >= 15 is 0 Å². The summed E-state index contributed by atoms with van der Waals surface area (Å²) in [6.45, 7) is 5.81. The van der Waals surface area contributed by atoms with Crippen molar-refractivity contribution in [3.8, 4) is 5.75 Å². The molecule has 0 fully saturated rings. The highest BCUT2D eigenvalue weighted by molar-refractivity contribution is 5.94. The van der Waals surface area contributed by atoms with E-state index in [1.807, 2.05) is 45.0 Å². The quantitative estimate of drug-likeness (QED) is 0.923. The maximum atomic E-state index is 12.3. The van der Waals surface area contributed by atoms with E-state index in [4.69, 9.17) is 4.74 Å². The molecule has 0 bridgehead atoms. The molecule has 2 rings (SSSR count). The zero-order valence-corrected chi connectivity index (χ0v) is 13.9. The third kappa shape index (κ3) is 4.22. The van der Waals surface area contributed by atoms with Crippen molar-refractivity contribution in [2.24, 2.45) is 7.05 Å². The lowest BCUT2D eigenvalue weighted by atomic mass is 10.1. The number of para-hydroxylation sites is 1. The Kier molecular flexibility index (Phi) is 5.21. The third-order valence-corrected chi connectivity index (χ3v) is 3.46. The molecule has 1 heterocycles. The highest BCUT2D eigenvalue weighted by Crippen LogP contribution is 2.25. The summed E-state index contributed by atoms with van der Waals surface area (Å²) in [6.07, 6.45) is 1.63. The minimum absolute atomic E-state index is 0.0520. The fourth-order valence-electron chi connectivity index (χ4n) is 2.25. The highest BCUT2D eigenvalue weighted by Gasteiger charge is 2.16. The first-order valence-corrected chi connectivity index (χ1v) is 7.61. The lowest BCUT2D eigenvalue weighted by Gasteiger charge is -2.20. The zero-order chi connectivity index (χ0) is 17.0. The average molecular weight is 314 g/mol. The van der Waals surface area contributed by atoms with Crippen molar-refractivity contribution >= 4 is 5.91 Å². The molecule has 1 aromatic carbocycles. The van der Waals surface area contributed by atoms with Crippen molar-refractivity contribution in [3.05, 3.63) is 64.1 Å². The molecule has 1 amide bonds. The number of benzene rings is 1. The van der Waals surface area contributed by atoms with Gasteiger partial charge in [-0.1, -0.05) is 18.2 Å². The van der Waals surface area contributed by atoms with Crippen LogP contribution < -0.4 is 15.6 Å². The molecule has 0 radical (unpaired) electrons. The molecular weight excluding hydrogens is 292 g/mol. The number of rotatable bonds is 5. The molecular formula is C18H22N2O3. The lowest BCUT2D eigenvalue weighted by Crippen LogP contribution is -2.29. The molecule has 0 aliphatic carbocycles. The summed E-state index contributed by atoms with van der Waals surface area (Å²) in [5, 5.41) is 2.91. The molecule has 1 atom stereocenters. The summed E-state index contributed by atoms with van der Waals surface area (Å²) in [7, 11) is 1.64. The Morgan fingerprint density at radius 1 is 1.17 bits per heavy atom. The van der Waals surface area contributed by atoms with Gasteiger partial charge in [-0.3, -0.25) is 9.59 Å². The summed E-state index contributed by atoms with van der Waals surface area (Å²) in [6, 6.07) is 10.3. The molecule has 122 valence electrons. The van der Waals surface area contributed by atoms with Crippen molar-refractivity contribution in [2.75, 3.05) is 0 Å². The second-order valence-corrected chi connectivity index (χ2v) is 5.76. The topological polar surface area (TPSA) is 60.3 Å². The number of aryl methyl sites for hydroxylation is 1. The molecule has 0 aliphatic heterocycles. The average Bonchev–Trinajstić information content (AvgIpc) is 2.49. The molecule has 0 saturated heterocycles. The largest absolute Gasteiger partial charge is 0.491 e. The van der Waals surface area contributed by atoms with Crippen LogP contribution in [0, 0.1) is 0 Å². The van der Waals surface area contributed by atoms with Gasteiger partial charge in [0.1, 0.15) is 5.75 Å². The Morgan fingerprint density at radius 2 is 1.87 bits per heavy atom. The van der Waals surface area contributed by atoms with Crippen LogP contribution in [0.15, 0.2) is 47.4 Å². The maximum absolute atomic E-state index is 12.3. The zero-order valence-electron chi connectivity index (χ0n) is 13.9. The van der Waals surface area contributed by atoms with Gasteiger partial charge in [0.2, 0.25) is 0 Å². The van der Waals surface area contributed by atoms with Crippen LogP contribution in [-0.2, 0) is 7.05 Å². The Hall–Kier alpha value is -2.56. The summed E-state index contributed by atoms with van der Waals surface area (Å²) < 4.78 is 7.21. The van der Waals surface area contributed by atoms with Crippen molar-refractivity contribution in [1.29, 1.82) is 0 Å². The van der Waals surface area contributed by atoms with E-state index in [-0.39, 0.29) is 23.6 Å². The van der Waals surface area contributed by atoms with E-state index in [0.717, 1.165) is 11.3 Å². The molecule has 0 aliphatic rings. The first kappa shape index (κ1) is 16.8. The van der Waals surface area contributed by atoms with Crippen LogP contribution >= 0.6 is 0 Å². The van der Waals surface area contributed by atoms with E-state index in [0.29, 0.717) is 5.56 Å². The molecule has 23 heavy (non-hydrogen) atoms. The number of amides is 1. The molecule has 0 spiro atoms. The number of nitrogens with zero attached hydrogens (tertiary/aromatic N) is 1. The van der Waals surface area contributed by atoms with Crippen LogP contribution in [0.5, 0.6) is 5.75 Å². The second-order valence-electron chi connectivity index (χ2n) is 5.76. The number of aromatic nitrogens is 1. The maximum Gasteiger partial charge on any atom is 0.252 e. The van der Waals surface area contributed by atoms with Crippen LogP contribution in [0.1, 0.15) is 42.7 Å². The Balaban J connectivity index is 2.18. The van der Waals surface area contributed by atoms with Crippen molar-refractivity contribution in [1.82, 2.24) is 9.88 Å². The lowest BCUT2D eigenvalue weighted by molar-refractivity contribution is 0.0939. The van der Waals surface area contributed by atoms with Gasteiger partial charge < -0.3 is 14.6 Å². The van der Waals surface area contributed by atoms with Gasteiger partial charge in [0.25, 0.3) is 11.5 Å². The Labute approximate surface area is 135 Å². The fourth-order valence-corrected chi connectivity index (χ4v) is 2.25. The standard InChI is InChI=1S/C18H22N2O3/c1-12(2)23-16-8-6-5-7-15(16)13(3)19-18(22)14-9-10-20(4)17(21)11-14/h5-13H,1-4H3,(H,19,22)/t13-/m0/s1. The third-order valence-electron chi connectivity index (χ3n) is 3.46. The number of hydrogen-bond donors (Lipinski definition) is 1. The summed E-state index contributed by atoms with van der Waals surface area (Å²) in [5.74, 6) is 0.467. The highest BCUT2D eigenvalue weighted by atomic mass is 16.5. The number of nitrogens with one attached hydrogen (secondary N) is 1. The summed E-state index contributed by atoms with van der Waals surface area (Å²) >= 11 is 0. The van der Waals surface area contributed by atoms with E-state index in [1.165, 1.54) is 10.6 Å². The molecule has 1 aromatic heterocycles. The number of ether oxygens (including phenoxy) is 1. The van der Waals surface area contributed by atoms with Gasteiger partial charge in [0.05, 0.1) is 12.1 Å². The van der Waals surface area contributed by atoms with Gasteiger partial charge in [0.15, 0.2) is 0 Å². The molecule has 1 N–H and O–H groups in total. The number of carbonyl (C=O) groups is 1. The predicted molar refractivity (Wildman–Crippen MR) is 89.8 cm³/mol. The van der Waals surface area contributed by atoms with Gasteiger partial charge in [-0.15, -0.1) is 0 Å². The van der Waals surface area contributed by atoms with Gasteiger partial charge in [-0.2, -0.15) is 0 Å². The number of hydrogen-bond acceptors (Lipinski definition) is 3. The Morgan fingerprint density at radius 3 is 2.52 bits per heavy atom. The summed E-state index contributed by atoms with van der Waals surface area (Å²) in [4.78, 5) is 24.0. The van der Waals surface area contributed by atoms with E-state index in [2.05, 4.69) is 5.32 Å². The van der Waals surface area contributed by atoms with Crippen LogP contribution in [0.2, 0.25) is 0 Å². The van der Waals surface area contributed by atoms with Gasteiger partial charge >= 0.3 is 0 Å². The molecule has 0 unspecified atom stereocenters. The van der Waals surface area contributed by atoms with E-state index in [9.17, 15) is 9.59 Å². The van der Waals surface area contributed by atoms with Crippen LogP contribution in [0.25, 0.3) is 0 Å². The first-order chi connectivity index (χ1) is 10.9. The van der Waals surface area contributed by atoms with Crippen molar-refractivity contribution in [2.45, 2.75) is 32.9 Å².